The number of nitrogens with zero attached hydrogens (tertiary/aromatic N) is 6. The van der Waals surface area contributed by atoms with Crippen molar-refractivity contribution < 1.29 is 49.1 Å². The van der Waals surface area contributed by atoms with E-state index in [-0.39, 0.29) is 13.2 Å². The molecule has 0 bridgehead atoms. The summed E-state index contributed by atoms with van der Waals surface area (Å²) in [6.07, 6.45) is -1.70. The SMILES string of the molecule is O=C(O)c1nnn([C@H]2CO[C@H]3[C@H]2OC[C@@H]3n2nnc(C(=O)O)c2C(=O)O)c1C(=O)O. The lowest BCUT2D eigenvalue weighted by molar-refractivity contribution is 0.0564. The zero-order chi connectivity index (χ0) is 21.7. The molecule has 2 saturated heterocycles. The molecule has 4 atom stereocenters. The molecule has 4 heterocycles. The Bertz CT molecular complexity index is 991. The molecule has 4 rings (SSSR count). The van der Waals surface area contributed by atoms with Crippen molar-refractivity contribution in [3.63, 3.8) is 0 Å². The molecule has 0 saturated carbocycles. The van der Waals surface area contributed by atoms with E-state index in [2.05, 4.69) is 20.6 Å². The van der Waals surface area contributed by atoms with Gasteiger partial charge < -0.3 is 29.9 Å². The summed E-state index contributed by atoms with van der Waals surface area (Å²) < 4.78 is 13.0. The Morgan fingerprint density at radius 1 is 0.700 bits per heavy atom. The summed E-state index contributed by atoms with van der Waals surface area (Å²) in [7, 11) is 0. The Morgan fingerprint density at radius 3 is 1.37 bits per heavy atom. The predicted molar refractivity (Wildman–Crippen MR) is 85.4 cm³/mol. The highest BCUT2D eigenvalue weighted by Gasteiger charge is 2.52. The van der Waals surface area contributed by atoms with Gasteiger partial charge >= 0.3 is 23.9 Å². The summed E-state index contributed by atoms with van der Waals surface area (Å²) in [5.41, 5.74) is -2.83. The van der Waals surface area contributed by atoms with Crippen LogP contribution >= 0.6 is 0 Å². The second kappa shape index (κ2) is 6.85. The Balaban J connectivity index is 1.68. The summed E-state index contributed by atoms with van der Waals surface area (Å²) in [6, 6.07) is -1.75. The summed E-state index contributed by atoms with van der Waals surface area (Å²) in [5, 5.41) is 51.0. The third-order valence-electron chi connectivity index (χ3n) is 4.83. The number of rotatable bonds is 6. The molecule has 0 aliphatic carbocycles. The van der Waals surface area contributed by atoms with E-state index in [1.807, 2.05) is 0 Å². The lowest BCUT2D eigenvalue weighted by Crippen LogP contribution is -2.32. The van der Waals surface area contributed by atoms with Crippen LogP contribution in [0.3, 0.4) is 0 Å². The minimum absolute atomic E-state index is 0.141. The summed E-state index contributed by atoms with van der Waals surface area (Å²) in [6.45, 7) is -0.283. The molecule has 4 N–H and O–H groups in total. The van der Waals surface area contributed by atoms with Gasteiger partial charge in [-0.3, -0.25) is 0 Å². The topological polar surface area (TPSA) is 229 Å². The quantitative estimate of drug-likeness (QED) is 0.403. The van der Waals surface area contributed by atoms with Crippen LogP contribution in [0.15, 0.2) is 0 Å². The van der Waals surface area contributed by atoms with E-state index < -0.39 is 70.9 Å². The van der Waals surface area contributed by atoms with Crippen molar-refractivity contribution in [1.82, 2.24) is 30.0 Å². The first kappa shape index (κ1) is 19.4. The van der Waals surface area contributed by atoms with Crippen LogP contribution in [0, 0.1) is 0 Å². The Labute approximate surface area is 164 Å². The van der Waals surface area contributed by atoms with E-state index in [9.17, 15) is 29.4 Å². The fraction of sp³-hybridized carbons (Fsp3) is 0.429. The van der Waals surface area contributed by atoms with Crippen LogP contribution in [-0.4, -0.2) is 99.7 Å². The molecule has 30 heavy (non-hydrogen) atoms. The van der Waals surface area contributed by atoms with Crippen molar-refractivity contribution in [2.75, 3.05) is 13.2 Å². The first-order chi connectivity index (χ1) is 14.2. The van der Waals surface area contributed by atoms with Gasteiger partial charge in [-0.25, -0.2) is 28.5 Å². The average Bonchev–Trinajstić information content (AvgIpc) is 3.41. The largest absolute Gasteiger partial charge is 0.476 e. The number of aromatic carboxylic acids is 4. The second-order valence-corrected chi connectivity index (χ2v) is 6.41. The third-order valence-corrected chi connectivity index (χ3v) is 4.83. The number of ether oxygens (including phenoxy) is 2. The van der Waals surface area contributed by atoms with E-state index in [1.165, 1.54) is 0 Å². The summed E-state index contributed by atoms with van der Waals surface area (Å²) in [4.78, 5) is 45.5. The van der Waals surface area contributed by atoms with Gasteiger partial charge in [0.15, 0.2) is 11.4 Å². The van der Waals surface area contributed by atoms with Gasteiger partial charge in [-0.05, 0) is 0 Å². The number of aromatic nitrogens is 6. The Morgan fingerprint density at radius 2 is 1.07 bits per heavy atom. The van der Waals surface area contributed by atoms with E-state index in [0.717, 1.165) is 9.36 Å². The van der Waals surface area contributed by atoms with Crippen LogP contribution < -0.4 is 0 Å². The fourth-order valence-corrected chi connectivity index (χ4v) is 3.62. The first-order valence-electron chi connectivity index (χ1n) is 8.29. The van der Waals surface area contributed by atoms with Crippen molar-refractivity contribution in [1.29, 1.82) is 0 Å². The molecule has 0 unspecified atom stereocenters. The third kappa shape index (κ3) is 2.77. The molecule has 0 spiro atoms. The number of carboxylic acid groups (broad SMARTS) is 4. The van der Waals surface area contributed by atoms with Gasteiger partial charge in [0.05, 0.1) is 13.2 Å². The average molecular weight is 424 g/mol. The smallest absolute Gasteiger partial charge is 0.359 e. The van der Waals surface area contributed by atoms with Crippen molar-refractivity contribution in [2.45, 2.75) is 24.3 Å². The molecule has 16 heteroatoms. The van der Waals surface area contributed by atoms with Gasteiger partial charge in [0.25, 0.3) is 0 Å². The van der Waals surface area contributed by atoms with Crippen LogP contribution in [0.5, 0.6) is 0 Å². The zero-order valence-corrected chi connectivity index (χ0v) is 14.6. The highest BCUT2D eigenvalue weighted by molar-refractivity contribution is 5.99. The maximum absolute atomic E-state index is 11.5. The molecule has 0 amide bonds. The number of carboxylic acids is 4. The van der Waals surface area contributed by atoms with Crippen LogP contribution in [-0.2, 0) is 9.47 Å². The molecular formula is C14H12N6O10. The molecule has 2 aromatic heterocycles. The zero-order valence-electron chi connectivity index (χ0n) is 14.6. The monoisotopic (exact) mass is 424 g/mol. The van der Waals surface area contributed by atoms with Crippen LogP contribution in [0.25, 0.3) is 0 Å². The lowest BCUT2D eigenvalue weighted by atomic mass is 10.1. The normalized spacial score (nSPS) is 25.2. The first-order valence-corrected chi connectivity index (χ1v) is 8.29. The minimum atomic E-state index is -1.57. The summed E-state index contributed by atoms with van der Waals surface area (Å²) >= 11 is 0. The molecule has 0 radical (unpaired) electrons. The number of carbonyl (C=O) groups is 4. The van der Waals surface area contributed by atoms with Crippen molar-refractivity contribution in [2.24, 2.45) is 0 Å². The fourth-order valence-electron chi connectivity index (χ4n) is 3.62. The molecule has 158 valence electrons. The highest BCUT2D eigenvalue weighted by Crippen LogP contribution is 2.40. The maximum Gasteiger partial charge on any atom is 0.359 e. The molecular weight excluding hydrogens is 412 g/mol. The molecule has 2 aromatic rings. The molecule has 2 fully saturated rings. The van der Waals surface area contributed by atoms with Crippen LogP contribution in [0.2, 0.25) is 0 Å². The standard InChI is InChI=1S/C14H12N6O10/c21-11(22)5-7(13(25)26)19(17-15-5)3-1-29-10-4(2-30-9(3)10)20-8(14(27)28)6(12(23)24)16-18-20/h3-4,9-10H,1-2H2,(H,21,22)(H,23,24)(H,25,26)(H,27,28)/t3-,4-,9-,10+/m0/s1. The molecule has 2 aliphatic rings. The van der Waals surface area contributed by atoms with Gasteiger partial charge in [0.2, 0.25) is 11.4 Å². The Hall–Kier alpha value is -3.92. The van der Waals surface area contributed by atoms with Crippen molar-refractivity contribution in [3.05, 3.63) is 22.8 Å². The molecule has 16 nitrogen and oxygen atoms in total. The van der Waals surface area contributed by atoms with E-state index in [1.54, 1.807) is 0 Å². The van der Waals surface area contributed by atoms with Gasteiger partial charge in [0.1, 0.15) is 24.3 Å². The van der Waals surface area contributed by atoms with E-state index >= 15 is 0 Å². The number of hydrogen-bond donors (Lipinski definition) is 4. The van der Waals surface area contributed by atoms with E-state index in [0.29, 0.717) is 0 Å². The van der Waals surface area contributed by atoms with Gasteiger partial charge in [-0.15, -0.1) is 10.2 Å². The number of hydrogen-bond acceptors (Lipinski definition) is 10. The predicted octanol–water partition coefficient (Wildman–Crippen LogP) is -1.76. The minimum Gasteiger partial charge on any atom is -0.476 e. The summed E-state index contributed by atoms with van der Waals surface area (Å²) in [5.74, 6) is -6.28. The van der Waals surface area contributed by atoms with Crippen molar-refractivity contribution >= 4 is 23.9 Å². The Kier molecular flexibility index (Phi) is 4.43. The maximum atomic E-state index is 11.5. The van der Waals surface area contributed by atoms with Gasteiger partial charge in [-0.2, -0.15) is 0 Å². The molecule has 0 aromatic carbocycles. The second-order valence-electron chi connectivity index (χ2n) is 6.41. The highest BCUT2D eigenvalue weighted by atomic mass is 16.6. The van der Waals surface area contributed by atoms with Crippen molar-refractivity contribution in [3.8, 4) is 0 Å². The van der Waals surface area contributed by atoms with Gasteiger partial charge in [-0.1, -0.05) is 10.4 Å². The van der Waals surface area contributed by atoms with Gasteiger partial charge in [0, 0.05) is 0 Å². The van der Waals surface area contributed by atoms with Crippen LogP contribution in [0.4, 0.5) is 0 Å². The molecule has 2 aliphatic heterocycles. The van der Waals surface area contributed by atoms with Crippen LogP contribution in [0.1, 0.15) is 54.0 Å². The number of fused-ring (bicyclic) bond motifs is 1. The van der Waals surface area contributed by atoms with E-state index in [4.69, 9.17) is 19.7 Å². The lowest BCUT2D eigenvalue weighted by Gasteiger charge is -2.18.